The first-order valence-electron chi connectivity index (χ1n) is 21.3. The van der Waals surface area contributed by atoms with Gasteiger partial charge >= 0.3 is 0 Å². The molecular formula is C59H37N3. The summed E-state index contributed by atoms with van der Waals surface area (Å²) in [5.74, 6) is 0.762. The lowest BCUT2D eigenvalue weighted by molar-refractivity contribution is 0.807. The number of aliphatic imine (C=N–C) groups is 2. The molecule has 0 saturated carbocycles. The molecule has 0 bridgehead atoms. The molecule has 288 valence electrons. The molecule has 10 aromatic carbocycles. The summed E-state index contributed by atoms with van der Waals surface area (Å²) < 4.78 is 2.40. The second-order valence-corrected chi connectivity index (χ2v) is 16.6. The van der Waals surface area contributed by atoms with E-state index in [-0.39, 0.29) is 0 Å². The summed E-state index contributed by atoms with van der Waals surface area (Å²) in [6, 6.07) is 79.0. The SMILES string of the molecule is C1=C2C(c3ccccc3)=NC(c3ccccc3)=NC12c1cc2ccc(-c3ccc(-c4ccc5c(c4)c4ccccc4n5-c4ccc5ccccc5c4)cc3)cc2c2ccccc12. The third kappa shape index (κ3) is 5.38. The molecular weight excluding hydrogens is 751 g/mol. The number of fused-ring (bicyclic) bond motifs is 8. The number of nitrogens with zero attached hydrogens (tertiary/aromatic N) is 3. The molecule has 0 N–H and O–H groups in total. The molecule has 3 heteroatoms. The van der Waals surface area contributed by atoms with Gasteiger partial charge in [-0.1, -0.05) is 176 Å². The molecule has 1 aromatic heterocycles. The van der Waals surface area contributed by atoms with Crippen LogP contribution in [0.25, 0.3) is 82.1 Å². The van der Waals surface area contributed by atoms with E-state index >= 15 is 0 Å². The highest BCUT2D eigenvalue weighted by molar-refractivity contribution is 6.26. The monoisotopic (exact) mass is 787 g/mol. The van der Waals surface area contributed by atoms with Crippen molar-refractivity contribution in [2.24, 2.45) is 9.98 Å². The first-order chi connectivity index (χ1) is 30.7. The van der Waals surface area contributed by atoms with Crippen LogP contribution in [-0.4, -0.2) is 16.1 Å². The van der Waals surface area contributed by atoms with E-state index in [1.807, 2.05) is 6.07 Å². The highest BCUT2D eigenvalue weighted by atomic mass is 15.1. The van der Waals surface area contributed by atoms with Gasteiger partial charge in [0.2, 0.25) is 0 Å². The van der Waals surface area contributed by atoms with Crippen LogP contribution in [0.2, 0.25) is 0 Å². The summed E-state index contributed by atoms with van der Waals surface area (Å²) >= 11 is 0. The second kappa shape index (κ2) is 13.4. The summed E-state index contributed by atoms with van der Waals surface area (Å²) in [6.45, 7) is 0. The zero-order valence-corrected chi connectivity index (χ0v) is 33.7. The summed E-state index contributed by atoms with van der Waals surface area (Å²) in [6.07, 6.45) is 2.30. The van der Waals surface area contributed by atoms with E-state index in [0.717, 1.165) is 22.7 Å². The molecule has 2 heterocycles. The normalized spacial score (nSPS) is 15.8. The molecule has 1 aliphatic heterocycles. The Balaban J connectivity index is 0.870. The standard InChI is InChI=1S/C59H37N3/c1-3-14-41(15-4-1)57-54-37-59(54,61-58(60-57)42-16-5-2-6-17-42)53-36-46-28-27-44(34-51(46)48-19-9-10-20-49(48)53)39-23-25-40(26-24-39)45-30-32-56-52(35-45)50-21-11-12-22-55(50)62(56)47-31-29-38-13-7-8-18-43(38)33-47/h1-37H. The fourth-order valence-electron chi connectivity index (χ4n) is 9.89. The van der Waals surface area contributed by atoms with Gasteiger partial charge in [-0.15, -0.1) is 0 Å². The van der Waals surface area contributed by atoms with Gasteiger partial charge in [0.1, 0.15) is 5.54 Å². The highest BCUT2D eigenvalue weighted by Crippen LogP contribution is 2.55. The van der Waals surface area contributed by atoms with Gasteiger partial charge in [0.05, 0.1) is 16.7 Å². The number of hydrogen-bond acceptors (Lipinski definition) is 2. The average Bonchev–Trinajstić information content (AvgIpc) is 4.01. The van der Waals surface area contributed by atoms with Crippen molar-refractivity contribution in [1.82, 2.24) is 4.57 Å². The number of hydrogen-bond donors (Lipinski definition) is 0. The summed E-state index contributed by atoms with van der Waals surface area (Å²) in [5, 5.41) is 9.87. The van der Waals surface area contributed by atoms with Crippen LogP contribution in [-0.2, 0) is 5.54 Å². The number of para-hydroxylation sites is 1. The van der Waals surface area contributed by atoms with Crippen LogP contribution in [0.15, 0.2) is 240 Å². The smallest absolute Gasteiger partial charge is 0.156 e. The van der Waals surface area contributed by atoms with Crippen molar-refractivity contribution < 1.29 is 0 Å². The Labute approximate surface area is 358 Å². The quantitative estimate of drug-likeness (QED) is 0.150. The van der Waals surface area contributed by atoms with E-state index in [0.29, 0.717) is 0 Å². The van der Waals surface area contributed by atoms with Crippen LogP contribution in [0.4, 0.5) is 0 Å². The minimum atomic E-state index is -0.575. The van der Waals surface area contributed by atoms with Crippen LogP contribution < -0.4 is 0 Å². The zero-order chi connectivity index (χ0) is 40.8. The van der Waals surface area contributed by atoms with Crippen LogP contribution in [0.1, 0.15) is 16.7 Å². The minimum absolute atomic E-state index is 0.575. The van der Waals surface area contributed by atoms with Crippen LogP contribution in [0.5, 0.6) is 0 Å². The van der Waals surface area contributed by atoms with Crippen molar-refractivity contribution in [2.75, 3.05) is 0 Å². The van der Waals surface area contributed by atoms with Crippen LogP contribution >= 0.6 is 0 Å². The van der Waals surface area contributed by atoms with Crippen molar-refractivity contribution >= 4 is 65.7 Å². The maximum atomic E-state index is 5.45. The fraction of sp³-hybridized carbons (Fsp3) is 0.0169. The highest BCUT2D eigenvalue weighted by Gasteiger charge is 2.52. The Kier molecular flexibility index (Phi) is 7.52. The molecule has 1 unspecified atom stereocenters. The Hall–Kier alpha value is -8.14. The topological polar surface area (TPSA) is 29.6 Å². The number of benzene rings is 10. The lowest BCUT2D eigenvalue weighted by Gasteiger charge is -2.24. The Bertz CT molecular complexity index is 3720. The van der Waals surface area contributed by atoms with E-state index in [4.69, 9.17) is 9.98 Å². The van der Waals surface area contributed by atoms with E-state index in [1.54, 1.807) is 0 Å². The molecule has 0 radical (unpaired) electrons. The minimum Gasteiger partial charge on any atom is -0.309 e. The van der Waals surface area contributed by atoms with Crippen molar-refractivity contribution in [3.63, 3.8) is 0 Å². The first-order valence-corrected chi connectivity index (χ1v) is 21.3. The Morgan fingerprint density at radius 2 is 0.935 bits per heavy atom. The number of rotatable bonds is 6. The number of amidine groups is 1. The van der Waals surface area contributed by atoms with E-state index in [9.17, 15) is 0 Å². The molecule has 0 fully saturated rings. The van der Waals surface area contributed by atoms with Gasteiger partial charge in [-0.25, -0.2) is 9.98 Å². The molecule has 3 nitrogen and oxygen atoms in total. The van der Waals surface area contributed by atoms with Crippen LogP contribution in [0, 0.1) is 0 Å². The molecule has 0 saturated heterocycles. The van der Waals surface area contributed by atoms with Gasteiger partial charge in [0.15, 0.2) is 5.84 Å². The fourth-order valence-corrected chi connectivity index (χ4v) is 9.89. The Morgan fingerprint density at radius 3 is 1.71 bits per heavy atom. The third-order valence-corrected chi connectivity index (χ3v) is 13.0. The molecule has 13 rings (SSSR count). The van der Waals surface area contributed by atoms with Gasteiger partial charge in [-0.2, -0.15) is 0 Å². The van der Waals surface area contributed by atoms with Crippen molar-refractivity contribution in [2.45, 2.75) is 5.54 Å². The van der Waals surface area contributed by atoms with Gasteiger partial charge in [-0.3, -0.25) is 0 Å². The first kappa shape index (κ1) is 34.7. The van der Waals surface area contributed by atoms with Gasteiger partial charge < -0.3 is 4.57 Å². The molecule has 62 heavy (non-hydrogen) atoms. The molecule has 11 aromatic rings. The average molecular weight is 788 g/mol. The second-order valence-electron chi connectivity index (χ2n) is 16.6. The molecule has 2 aliphatic rings. The summed E-state index contributed by atoms with van der Waals surface area (Å²) in [4.78, 5) is 10.6. The lowest BCUT2D eigenvalue weighted by Crippen LogP contribution is -2.22. The van der Waals surface area contributed by atoms with E-state index < -0.39 is 5.54 Å². The zero-order valence-electron chi connectivity index (χ0n) is 33.7. The maximum absolute atomic E-state index is 5.45. The Morgan fingerprint density at radius 1 is 0.355 bits per heavy atom. The van der Waals surface area contributed by atoms with Gasteiger partial charge in [0.25, 0.3) is 0 Å². The molecule has 0 amide bonds. The molecule has 1 atom stereocenters. The van der Waals surface area contributed by atoms with Gasteiger partial charge in [0, 0.05) is 33.2 Å². The molecule has 1 aliphatic carbocycles. The van der Waals surface area contributed by atoms with Crippen molar-refractivity contribution in [1.29, 1.82) is 0 Å². The van der Waals surface area contributed by atoms with E-state index in [1.165, 1.54) is 93.2 Å². The third-order valence-electron chi connectivity index (χ3n) is 13.0. The van der Waals surface area contributed by atoms with Crippen molar-refractivity contribution in [3.05, 3.63) is 247 Å². The van der Waals surface area contributed by atoms with Gasteiger partial charge in [-0.05, 0) is 109 Å². The predicted octanol–water partition coefficient (Wildman–Crippen LogP) is 14.7. The predicted molar refractivity (Wildman–Crippen MR) is 260 cm³/mol. The van der Waals surface area contributed by atoms with E-state index in [2.05, 4.69) is 223 Å². The lowest BCUT2D eigenvalue weighted by atomic mass is 9.87. The number of aromatic nitrogens is 1. The molecule has 0 spiro atoms. The largest absolute Gasteiger partial charge is 0.309 e. The maximum Gasteiger partial charge on any atom is 0.156 e. The summed E-state index contributed by atoms with van der Waals surface area (Å²) in [7, 11) is 0. The van der Waals surface area contributed by atoms with Crippen molar-refractivity contribution in [3.8, 4) is 27.9 Å². The van der Waals surface area contributed by atoms with Crippen LogP contribution in [0.3, 0.4) is 0 Å². The summed E-state index contributed by atoms with van der Waals surface area (Å²) in [5.41, 5.74) is 13.3.